The summed E-state index contributed by atoms with van der Waals surface area (Å²) in [6.07, 6.45) is -2.94. The van der Waals surface area contributed by atoms with E-state index in [4.69, 9.17) is 0 Å². The summed E-state index contributed by atoms with van der Waals surface area (Å²) >= 11 is 0. The van der Waals surface area contributed by atoms with Gasteiger partial charge in [0.25, 0.3) is 6.43 Å². The highest BCUT2D eigenvalue weighted by Crippen LogP contribution is 2.18. The average Bonchev–Trinajstić information content (AvgIpc) is 2.21. The Morgan fingerprint density at radius 2 is 2.25 bits per heavy atom. The van der Waals surface area contributed by atoms with E-state index in [-0.39, 0.29) is 6.61 Å². The van der Waals surface area contributed by atoms with Crippen molar-refractivity contribution in [3.63, 3.8) is 0 Å². The SMILES string of the molecule is CCOC(=O)c1[nH]c(C(F)F)cc(=O)c1O. The standard InChI is InChI=1S/C9H9F2NO4/c1-2-16-9(15)6-7(14)5(13)3-4(12-6)8(10)11/h3,8,14H,2H2,1H3,(H,12,13). The number of aromatic amines is 1. The van der Waals surface area contributed by atoms with E-state index in [2.05, 4.69) is 4.74 Å². The maximum atomic E-state index is 12.3. The normalized spacial score (nSPS) is 10.5. The molecule has 1 aromatic heterocycles. The molecule has 0 aliphatic rings. The molecule has 0 radical (unpaired) electrons. The summed E-state index contributed by atoms with van der Waals surface area (Å²) in [6, 6.07) is 0.530. The van der Waals surface area contributed by atoms with Gasteiger partial charge in [0.1, 0.15) is 0 Å². The van der Waals surface area contributed by atoms with Gasteiger partial charge in [-0.2, -0.15) is 0 Å². The number of hydrogen-bond donors (Lipinski definition) is 2. The number of pyridine rings is 1. The van der Waals surface area contributed by atoms with E-state index in [9.17, 15) is 23.5 Å². The van der Waals surface area contributed by atoms with E-state index in [1.54, 1.807) is 0 Å². The molecule has 0 aromatic carbocycles. The zero-order valence-corrected chi connectivity index (χ0v) is 8.29. The van der Waals surface area contributed by atoms with Gasteiger partial charge in [-0.1, -0.05) is 0 Å². The number of hydrogen-bond acceptors (Lipinski definition) is 4. The molecule has 0 amide bonds. The fraction of sp³-hybridized carbons (Fsp3) is 0.333. The minimum Gasteiger partial charge on any atom is -0.502 e. The maximum absolute atomic E-state index is 12.3. The Hall–Kier alpha value is -1.92. The number of esters is 1. The lowest BCUT2D eigenvalue weighted by Crippen LogP contribution is -2.15. The largest absolute Gasteiger partial charge is 0.502 e. The van der Waals surface area contributed by atoms with E-state index in [0.717, 1.165) is 0 Å². The van der Waals surface area contributed by atoms with Crippen molar-refractivity contribution < 1.29 is 23.4 Å². The van der Waals surface area contributed by atoms with Crippen LogP contribution in [0, 0.1) is 0 Å². The van der Waals surface area contributed by atoms with Gasteiger partial charge in [0.15, 0.2) is 11.4 Å². The molecule has 5 nitrogen and oxygen atoms in total. The highest BCUT2D eigenvalue weighted by molar-refractivity contribution is 5.90. The molecule has 0 unspecified atom stereocenters. The van der Waals surface area contributed by atoms with Crippen molar-refractivity contribution in [2.24, 2.45) is 0 Å². The van der Waals surface area contributed by atoms with Crippen molar-refractivity contribution in [3.05, 3.63) is 27.7 Å². The van der Waals surface area contributed by atoms with Gasteiger partial charge in [-0.05, 0) is 6.92 Å². The molecule has 0 bridgehead atoms. The predicted molar refractivity (Wildman–Crippen MR) is 49.6 cm³/mol. The van der Waals surface area contributed by atoms with Gasteiger partial charge in [0.2, 0.25) is 5.43 Å². The van der Waals surface area contributed by atoms with E-state index < -0.39 is 35.0 Å². The first-order valence-electron chi connectivity index (χ1n) is 4.38. The summed E-state index contributed by atoms with van der Waals surface area (Å²) in [4.78, 5) is 24.2. The Labute approximate surface area is 88.7 Å². The molecular formula is C9H9F2NO4. The molecule has 0 atom stereocenters. The minimum absolute atomic E-state index is 0.000784. The zero-order chi connectivity index (χ0) is 12.3. The average molecular weight is 233 g/mol. The van der Waals surface area contributed by atoms with Crippen molar-refractivity contribution in [2.75, 3.05) is 6.61 Å². The van der Waals surface area contributed by atoms with Crippen molar-refractivity contribution in [3.8, 4) is 5.75 Å². The van der Waals surface area contributed by atoms with Crippen LogP contribution in [-0.4, -0.2) is 22.7 Å². The molecule has 0 saturated carbocycles. The lowest BCUT2D eigenvalue weighted by atomic mass is 10.2. The fourth-order valence-electron chi connectivity index (χ4n) is 1.04. The Morgan fingerprint density at radius 1 is 1.62 bits per heavy atom. The second kappa shape index (κ2) is 4.73. The first-order valence-corrected chi connectivity index (χ1v) is 4.38. The van der Waals surface area contributed by atoms with Crippen LogP contribution in [0.2, 0.25) is 0 Å². The number of halogens is 2. The van der Waals surface area contributed by atoms with Gasteiger partial charge in [-0.15, -0.1) is 0 Å². The first-order chi connectivity index (χ1) is 7.47. The third-order valence-electron chi connectivity index (χ3n) is 1.74. The molecule has 0 aliphatic heterocycles. The summed E-state index contributed by atoms with van der Waals surface area (Å²) in [5, 5.41) is 9.21. The van der Waals surface area contributed by atoms with Crippen molar-refractivity contribution >= 4 is 5.97 Å². The van der Waals surface area contributed by atoms with Crippen LogP contribution in [-0.2, 0) is 4.74 Å². The van der Waals surface area contributed by atoms with Gasteiger partial charge >= 0.3 is 5.97 Å². The molecular weight excluding hydrogens is 224 g/mol. The smallest absolute Gasteiger partial charge is 0.358 e. The van der Waals surface area contributed by atoms with Gasteiger partial charge in [-0.3, -0.25) is 4.79 Å². The van der Waals surface area contributed by atoms with Crippen molar-refractivity contribution in [1.29, 1.82) is 0 Å². The van der Waals surface area contributed by atoms with Crippen LogP contribution >= 0.6 is 0 Å². The molecule has 88 valence electrons. The van der Waals surface area contributed by atoms with Gasteiger partial charge in [0.05, 0.1) is 12.3 Å². The number of H-pyrrole nitrogens is 1. The summed E-state index contributed by atoms with van der Waals surface area (Å²) in [5.74, 6) is -1.98. The molecule has 0 fully saturated rings. The quantitative estimate of drug-likeness (QED) is 0.768. The molecule has 0 aliphatic carbocycles. The van der Waals surface area contributed by atoms with E-state index in [1.165, 1.54) is 6.92 Å². The molecule has 7 heteroatoms. The minimum atomic E-state index is -2.94. The number of alkyl halides is 2. The van der Waals surface area contributed by atoms with Gasteiger partial charge in [0, 0.05) is 6.07 Å². The lowest BCUT2D eigenvalue weighted by molar-refractivity contribution is 0.0514. The Bertz CT molecular complexity index is 455. The number of aromatic nitrogens is 1. The van der Waals surface area contributed by atoms with Crippen LogP contribution in [0.4, 0.5) is 8.78 Å². The molecule has 1 rings (SSSR count). The summed E-state index contributed by atoms with van der Waals surface area (Å²) in [5.41, 5.74) is -2.47. The number of nitrogens with one attached hydrogen (secondary N) is 1. The number of ether oxygens (including phenoxy) is 1. The van der Waals surface area contributed by atoms with Gasteiger partial charge < -0.3 is 14.8 Å². The summed E-state index contributed by atoms with van der Waals surface area (Å²) in [7, 11) is 0. The highest BCUT2D eigenvalue weighted by atomic mass is 19.3. The molecule has 16 heavy (non-hydrogen) atoms. The Kier molecular flexibility index (Phi) is 3.60. The second-order valence-corrected chi connectivity index (χ2v) is 2.83. The van der Waals surface area contributed by atoms with Gasteiger partial charge in [-0.25, -0.2) is 13.6 Å². The Morgan fingerprint density at radius 3 is 2.75 bits per heavy atom. The van der Waals surface area contributed by atoms with Crippen molar-refractivity contribution in [2.45, 2.75) is 13.3 Å². The lowest BCUT2D eigenvalue weighted by Gasteiger charge is -2.06. The number of rotatable bonds is 3. The number of carbonyl (C=O) groups excluding carboxylic acids is 1. The van der Waals surface area contributed by atoms with E-state index in [0.29, 0.717) is 6.07 Å². The topological polar surface area (TPSA) is 79.4 Å². The maximum Gasteiger partial charge on any atom is 0.358 e. The van der Waals surface area contributed by atoms with Crippen LogP contribution in [0.5, 0.6) is 5.75 Å². The summed E-state index contributed by atoms with van der Waals surface area (Å²) in [6.45, 7) is 1.50. The van der Waals surface area contributed by atoms with Crippen LogP contribution in [0.15, 0.2) is 10.9 Å². The molecule has 1 heterocycles. The fourth-order valence-corrected chi connectivity index (χ4v) is 1.04. The Balaban J connectivity index is 3.27. The molecule has 0 spiro atoms. The van der Waals surface area contributed by atoms with Crippen LogP contribution in [0.25, 0.3) is 0 Å². The molecule has 2 N–H and O–H groups in total. The van der Waals surface area contributed by atoms with Crippen LogP contribution < -0.4 is 5.43 Å². The van der Waals surface area contributed by atoms with Crippen molar-refractivity contribution in [1.82, 2.24) is 4.98 Å². The third-order valence-corrected chi connectivity index (χ3v) is 1.74. The first kappa shape index (κ1) is 12.2. The van der Waals surface area contributed by atoms with E-state index in [1.807, 2.05) is 4.98 Å². The second-order valence-electron chi connectivity index (χ2n) is 2.83. The highest BCUT2D eigenvalue weighted by Gasteiger charge is 2.20. The van der Waals surface area contributed by atoms with Crippen LogP contribution in [0.3, 0.4) is 0 Å². The number of carbonyl (C=O) groups is 1. The monoisotopic (exact) mass is 233 g/mol. The molecule has 1 aromatic rings. The zero-order valence-electron chi connectivity index (χ0n) is 8.29. The third kappa shape index (κ3) is 2.36. The predicted octanol–water partition coefficient (Wildman–Crippen LogP) is 1.19. The number of aromatic hydroxyl groups is 1. The van der Waals surface area contributed by atoms with Crippen LogP contribution in [0.1, 0.15) is 29.5 Å². The van der Waals surface area contributed by atoms with E-state index >= 15 is 0 Å². The summed E-state index contributed by atoms with van der Waals surface area (Å²) < 4.78 is 29.1. The molecule has 0 saturated heterocycles.